The highest BCUT2D eigenvalue weighted by Gasteiger charge is 2.17. The summed E-state index contributed by atoms with van der Waals surface area (Å²) in [6.07, 6.45) is 0. The maximum Gasteiger partial charge on any atom is 0.133 e. The van der Waals surface area contributed by atoms with Gasteiger partial charge in [-0.25, -0.2) is 14.4 Å². The van der Waals surface area contributed by atoms with Crippen molar-refractivity contribution in [3.05, 3.63) is 76.7 Å². The first kappa shape index (κ1) is 21.9. The van der Waals surface area contributed by atoms with Crippen LogP contribution in [0.1, 0.15) is 0 Å². The van der Waals surface area contributed by atoms with E-state index in [1.54, 1.807) is 12.1 Å². The monoisotopic (exact) mass is 481 g/mol. The summed E-state index contributed by atoms with van der Waals surface area (Å²) in [6.45, 7) is 3.72. The third-order valence-corrected chi connectivity index (χ3v) is 6.24. The minimum Gasteiger partial charge on any atom is -0.355 e. The Balaban J connectivity index is 1.56. The molecule has 0 aliphatic carbocycles. The first-order valence-electron chi connectivity index (χ1n) is 10.7. The van der Waals surface area contributed by atoms with Crippen LogP contribution in [0.15, 0.2) is 60.7 Å². The van der Waals surface area contributed by atoms with Gasteiger partial charge < -0.3 is 15.1 Å². The Hall–Kier alpha value is -2.93. The van der Waals surface area contributed by atoms with Gasteiger partial charge in [-0.3, -0.25) is 0 Å². The minimum absolute atomic E-state index is 0.349. The molecule has 3 heterocycles. The molecule has 1 aliphatic heterocycles. The van der Waals surface area contributed by atoms with Crippen LogP contribution in [-0.4, -0.2) is 48.1 Å². The van der Waals surface area contributed by atoms with Crippen LogP contribution < -0.4 is 10.2 Å². The van der Waals surface area contributed by atoms with Crippen molar-refractivity contribution in [2.45, 2.75) is 0 Å². The van der Waals surface area contributed by atoms with Gasteiger partial charge in [-0.1, -0.05) is 41.4 Å². The van der Waals surface area contributed by atoms with E-state index in [9.17, 15) is 4.39 Å². The third-order valence-electron chi connectivity index (χ3n) is 5.81. The van der Waals surface area contributed by atoms with Crippen molar-refractivity contribution in [2.75, 3.05) is 43.4 Å². The van der Waals surface area contributed by atoms with Gasteiger partial charge in [-0.05, 0) is 43.4 Å². The van der Waals surface area contributed by atoms with Gasteiger partial charge in [0.1, 0.15) is 16.8 Å². The maximum atomic E-state index is 14.6. The Bertz CT molecular complexity index is 1320. The van der Waals surface area contributed by atoms with Crippen LogP contribution in [-0.2, 0) is 0 Å². The van der Waals surface area contributed by atoms with E-state index in [-0.39, 0.29) is 5.82 Å². The van der Waals surface area contributed by atoms with Crippen molar-refractivity contribution >= 4 is 51.3 Å². The Morgan fingerprint density at radius 1 is 0.909 bits per heavy atom. The van der Waals surface area contributed by atoms with Crippen LogP contribution in [0.25, 0.3) is 22.2 Å². The highest BCUT2D eigenvalue weighted by molar-refractivity contribution is 6.31. The maximum absolute atomic E-state index is 14.6. The second kappa shape index (κ2) is 9.14. The number of hydrogen-bond acceptors (Lipinski definition) is 5. The molecule has 4 aromatic rings. The molecule has 0 amide bonds. The van der Waals surface area contributed by atoms with Gasteiger partial charge in [0.2, 0.25) is 0 Å². The van der Waals surface area contributed by atoms with E-state index in [0.717, 1.165) is 54.3 Å². The predicted octanol–water partition coefficient (Wildman–Crippen LogP) is 6.24. The zero-order valence-corrected chi connectivity index (χ0v) is 19.5. The number of aromatic nitrogens is 2. The number of anilines is 3. The van der Waals surface area contributed by atoms with Crippen LogP contribution in [0.4, 0.5) is 21.6 Å². The number of likely N-dealkylation sites (N-methyl/N-ethyl adjacent to an activating group) is 1. The molecule has 0 saturated carbocycles. The van der Waals surface area contributed by atoms with Crippen molar-refractivity contribution in [3.8, 4) is 11.3 Å². The van der Waals surface area contributed by atoms with Gasteiger partial charge in [0.15, 0.2) is 0 Å². The molecule has 5 rings (SSSR count). The number of para-hydroxylation sites is 1. The molecule has 1 N–H and O–H groups in total. The fourth-order valence-corrected chi connectivity index (χ4v) is 4.40. The van der Waals surface area contributed by atoms with Crippen LogP contribution in [0.3, 0.4) is 0 Å². The molecule has 1 saturated heterocycles. The Labute approximate surface area is 201 Å². The molecule has 2 aromatic carbocycles. The van der Waals surface area contributed by atoms with Crippen molar-refractivity contribution < 1.29 is 4.39 Å². The molecule has 5 nitrogen and oxygen atoms in total. The predicted molar refractivity (Wildman–Crippen MR) is 134 cm³/mol. The molecular formula is C25H22Cl2FN5. The molecule has 0 radical (unpaired) electrons. The number of hydrogen-bond donors (Lipinski definition) is 1. The fraction of sp³-hybridized carbons (Fsp3) is 0.200. The summed E-state index contributed by atoms with van der Waals surface area (Å²) in [5, 5.41) is 5.24. The zero-order valence-electron chi connectivity index (χ0n) is 18.0. The average Bonchev–Trinajstić information content (AvgIpc) is 2.80. The average molecular weight is 482 g/mol. The van der Waals surface area contributed by atoms with Crippen molar-refractivity contribution in [1.29, 1.82) is 0 Å². The Kier molecular flexibility index (Phi) is 6.06. The SMILES string of the molecule is CN1CCN(c2cc(Nc3cc(-c4cc(Cl)ccc4F)nc4ccccc34)cc(Cl)n2)CC1. The molecule has 0 atom stereocenters. The number of piperazine rings is 1. The second-order valence-corrected chi connectivity index (χ2v) is 8.97. The number of fused-ring (bicyclic) bond motifs is 1. The summed E-state index contributed by atoms with van der Waals surface area (Å²) in [4.78, 5) is 13.7. The Morgan fingerprint density at radius 3 is 2.52 bits per heavy atom. The van der Waals surface area contributed by atoms with E-state index in [1.165, 1.54) is 12.1 Å². The highest BCUT2D eigenvalue weighted by Crippen LogP contribution is 2.34. The summed E-state index contributed by atoms with van der Waals surface area (Å²) < 4.78 is 14.6. The van der Waals surface area contributed by atoms with Crippen LogP contribution in [0, 0.1) is 5.82 Å². The standard InChI is InChI=1S/C25H22Cl2FN5/c1-32-8-10-33(11-9-32)25-14-17(13-24(27)31-25)29-22-15-23(19-12-16(26)6-7-20(19)28)30-21-5-3-2-4-18(21)22/h2-7,12-15H,8-11H2,1H3,(H,29,30,31). The molecule has 0 unspecified atom stereocenters. The van der Waals surface area contributed by atoms with E-state index in [1.807, 2.05) is 36.4 Å². The van der Waals surface area contributed by atoms with Gasteiger partial charge in [0, 0.05) is 53.9 Å². The summed E-state index contributed by atoms with van der Waals surface area (Å²) in [5.41, 5.74) is 3.19. The van der Waals surface area contributed by atoms with Crippen molar-refractivity contribution in [1.82, 2.24) is 14.9 Å². The number of nitrogens with zero attached hydrogens (tertiary/aromatic N) is 4. The fourth-order valence-electron chi connectivity index (χ4n) is 4.02. The molecule has 168 valence electrons. The molecule has 33 heavy (non-hydrogen) atoms. The number of benzene rings is 2. The largest absolute Gasteiger partial charge is 0.355 e. The van der Waals surface area contributed by atoms with Gasteiger partial charge in [-0.2, -0.15) is 0 Å². The van der Waals surface area contributed by atoms with Gasteiger partial charge in [0.05, 0.1) is 16.9 Å². The van der Waals surface area contributed by atoms with Crippen molar-refractivity contribution in [2.24, 2.45) is 0 Å². The number of halogens is 3. The molecule has 0 spiro atoms. The minimum atomic E-state index is -0.377. The molecule has 1 aliphatic rings. The lowest BCUT2D eigenvalue weighted by Gasteiger charge is -2.33. The van der Waals surface area contributed by atoms with Crippen LogP contribution >= 0.6 is 23.2 Å². The Morgan fingerprint density at radius 2 is 1.70 bits per heavy atom. The quantitative estimate of drug-likeness (QED) is 0.349. The zero-order chi connectivity index (χ0) is 22.9. The summed E-state index contributed by atoms with van der Waals surface area (Å²) >= 11 is 12.5. The molecule has 0 bridgehead atoms. The first-order valence-corrected chi connectivity index (χ1v) is 11.5. The van der Waals surface area contributed by atoms with E-state index in [0.29, 0.717) is 21.4 Å². The van der Waals surface area contributed by atoms with E-state index in [4.69, 9.17) is 23.2 Å². The topological polar surface area (TPSA) is 44.3 Å². The lowest BCUT2D eigenvalue weighted by Crippen LogP contribution is -2.44. The summed E-state index contributed by atoms with van der Waals surface area (Å²) in [7, 11) is 2.12. The van der Waals surface area contributed by atoms with Gasteiger partial charge in [-0.15, -0.1) is 0 Å². The van der Waals surface area contributed by atoms with Crippen LogP contribution in [0.2, 0.25) is 10.2 Å². The lowest BCUT2D eigenvalue weighted by atomic mass is 10.1. The van der Waals surface area contributed by atoms with Crippen LogP contribution in [0.5, 0.6) is 0 Å². The second-order valence-electron chi connectivity index (χ2n) is 8.15. The molecular weight excluding hydrogens is 460 g/mol. The van der Waals surface area contributed by atoms with Crippen molar-refractivity contribution in [3.63, 3.8) is 0 Å². The lowest BCUT2D eigenvalue weighted by molar-refractivity contribution is 0.312. The third kappa shape index (κ3) is 4.74. The van der Waals surface area contributed by atoms with E-state index < -0.39 is 0 Å². The normalized spacial score (nSPS) is 14.6. The number of rotatable bonds is 4. The summed E-state index contributed by atoms with van der Waals surface area (Å²) in [6, 6.07) is 17.8. The summed E-state index contributed by atoms with van der Waals surface area (Å²) in [5.74, 6) is 0.454. The first-order chi connectivity index (χ1) is 16.0. The highest BCUT2D eigenvalue weighted by atomic mass is 35.5. The van der Waals surface area contributed by atoms with Gasteiger partial charge in [0.25, 0.3) is 0 Å². The number of pyridine rings is 2. The molecule has 8 heteroatoms. The molecule has 1 fully saturated rings. The smallest absolute Gasteiger partial charge is 0.133 e. The van der Waals surface area contributed by atoms with E-state index >= 15 is 0 Å². The van der Waals surface area contributed by atoms with E-state index in [2.05, 4.69) is 32.1 Å². The molecule has 2 aromatic heterocycles. The number of nitrogens with one attached hydrogen (secondary N) is 1. The van der Waals surface area contributed by atoms with Gasteiger partial charge >= 0.3 is 0 Å².